The molecule has 2 aliphatic rings. The molecular weight excluding hydrogens is 484 g/mol. The van der Waals surface area contributed by atoms with Gasteiger partial charge in [0.1, 0.15) is 28.4 Å². The lowest BCUT2D eigenvalue weighted by Gasteiger charge is -2.41. The normalized spacial score (nSPS) is 25.6. The Kier molecular flexibility index (Phi) is 6.64. The predicted octanol–water partition coefficient (Wildman–Crippen LogP) is 4.81. The molecule has 0 radical (unpaired) electrons. The van der Waals surface area contributed by atoms with Crippen LogP contribution in [0.25, 0.3) is 0 Å². The molecule has 9 heteroatoms. The predicted molar refractivity (Wildman–Crippen MR) is 119 cm³/mol. The van der Waals surface area contributed by atoms with E-state index in [0.717, 1.165) is 34.4 Å². The van der Waals surface area contributed by atoms with Crippen LogP contribution in [0.3, 0.4) is 0 Å². The average molecular weight is 509 g/mol. The molecule has 2 unspecified atom stereocenters. The summed E-state index contributed by atoms with van der Waals surface area (Å²) < 4.78 is 12.2. The summed E-state index contributed by atoms with van der Waals surface area (Å²) in [6.07, 6.45) is 3.75. The number of ether oxygens (including phenoxy) is 2. The van der Waals surface area contributed by atoms with E-state index in [-0.39, 0.29) is 24.7 Å². The van der Waals surface area contributed by atoms with Gasteiger partial charge < -0.3 is 19.5 Å². The molecule has 31 heavy (non-hydrogen) atoms. The van der Waals surface area contributed by atoms with Crippen LogP contribution in [0, 0.1) is 5.41 Å². The Morgan fingerprint density at radius 3 is 2.74 bits per heavy atom. The summed E-state index contributed by atoms with van der Waals surface area (Å²) in [6, 6.07) is 9.64. The fraction of sp³-hybridized carbons (Fsp3) is 0.500. The number of carbonyl (C=O) groups excluding carboxylic acids is 1. The van der Waals surface area contributed by atoms with Crippen molar-refractivity contribution in [2.45, 2.75) is 44.3 Å². The second-order valence-electron chi connectivity index (χ2n) is 8.39. The fourth-order valence-corrected chi connectivity index (χ4v) is 6.24. The molecule has 2 atom stereocenters. The monoisotopic (exact) mass is 508 g/mol. The molecular formula is C22H25BrN2O5S. The summed E-state index contributed by atoms with van der Waals surface area (Å²) in [7, 11) is 0. The van der Waals surface area contributed by atoms with Crippen molar-refractivity contribution in [2.75, 3.05) is 19.7 Å². The number of carbonyl (C=O) groups is 2. The van der Waals surface area contributed by atoms with Gasteiger partial charge in [-0.3, -0.25) is 0 Å². The first-order valence-corrected chi connectivity index (χ1v) is 12.0. The zero-order valence-electron chi connectivity index (χ0n) is 17.1. The smallest absolute Gasteiger partial charge is 0.410 e. The second-order valence-corrected chi connectivity index (χ2v) is 10.1. The van der Waals surface area contributed by atoms with E-state index >= 15 is 0 Å². The van der Waals surface area contributed by atoms with E-state index in [1.807, 2.05) is 35.7 Å². The van der Waals surface area contributed by atoms with Gasteiger partial charge in [-0.2, -0.15) is 0 Å². The van der Waals surface area contributed by atoms with Crippen molar-refractivity contribution in [3.63, 3.8) is 0 Å². The van der Waals surface area contributed by atoms with Gasteiger partial charge in [-0.25, -0.2) is 14.6 Å². The summed E-state index contributed by atoms with van der Waals surface area (Å²) >= 11 is 4.87. The van der Waals surface area contributed by atoms with Crippen molar-refractivity contribution >= 4 is 39.3 Å². The zero-order chi connectivity index (χ0) is 21.9. The van der Waals surface area contributed by atoms with Crippen LogP contribution < -0.4 is 0 Å². The number of amides is 1. The maximum absolute atomic E-state index is 12.7. The highest BCUT2D eigenvalue weighted by Crippen LogP contribution is 2.55. The number of hydrogen-bond donors (Lipinski definition) is 1. The summed E-state index contributed by atoms with van der Waals surface area (Å²) in [5.41, 5.74) is 0.103. The molecule has 166 valence electrons. The number of likely N-dealkylation sites (tertiary alicyclic amines) is 1. The number of rotatable bonds is 6. The molecule has 1 spiro atoms. The number of carboxylic acids is 1. The third-order valence-electron chi connectivity index (χ3n) is 6.18. The Labute approximate surface area is 193 Å². The summed E-state index contributed by atoms with van der Waals surface area (Å²) in [5.74, 6) is -0.995. The maximum Gasteiger partial charge on any atom is 0.410 e. The van der Waals surface area contributed by atoms with Crippen LogP contribution in [0.2, 0.25) is 0 Å². The van der Waals surface area contributed by atoms with Gasteiger partial charge in [0.2, 0.25) is 0 Å². The van der Waals surface area contributed by atoms with Crippen LogP contribution in [-0.4, -0.2) is 46.7 Å². The van der Waals surface area contributed by atoms with Gasteiger partial charge in [0.15, 0.2) is 0 Å². The average Bonchev–Trinajstić information content (AvgIpc) is 3.36. The quantitative estimate of drug-likeness (QED) is 0.602. The van der Waals surface area contributed by atoms with Crippen molar-refractivity contribution in [1.82, 2.24) is 9.88 Å². The Hall–Kier alpha value is -1.97. The molecule has 0 bridgehead atoms. The first-order valence-electron chi connectivity index (χ1n) is 10.3. The maximum atomic E-state index is 12.7. The largest absolute Gasteiger partial charge is 0.480 e. The summed E-state index contributed by atoms with van der Waals surface area (Å²) in [4.78, 5) is 30.3. The van der Waals surface area contributed by atoms with Crippen molar-refractivity contribution < 1.29 is 24.2 Å². The molecule has 1 aromatic heterocycles. The number of benzene rings is 1. The van der Waals surface area contributed by atoms with Crippen molar-refractivity contribution in [3.05, 3.63) is 50.9 Å². The standard InChI is InChI=1S/C22H25BrN2O5S/c23-17-13-31-19(24-17)22(30-12-18(26)27)9-8-21(14-22)7-4-10-25(15-21)20(28)29-11-16-5-2-1-3-6-16/h1-3,5-6,13H,4,7-12,14-15H2,(H,26,27). The molecule has 1 aliphatic carbocycles. The van der Waals surface area contributed by atoms with Crippen molar-refractivity contribution in [2.24, 2.45) is 5.41 Å². The molecule has 7 nitrogen and oxygen atoms in total. The molecule has 1 aliphatic heterocycles. The Balaban J connectivity index is 1.45. The Bertz CT molecular complexity index is 939. The van der Waals surface area contributed by atoms with Gasteiger partial charge >= 0.3 is 12.1 Å². The molecule has 1 saturated carbocycles. The number of piperidine rings is 1. The van der Waals surface area contributed by atoms with Crippen LogP contribution >= 0.6 is 27.3 Å². The topological polar surface area (TPSA) is 89.0 Å². The van der Waals surface area contributed by atoms with Crippen molar-refractivity contribution in [3.8, 4) is 0 Å². The highest BCUT2D eigenvalue weighted by atomic mass is 79.9. The molecule has 2 heterocycles. The Morgan fingerprint density at radius 1 is 1.23 bits per heavy atom. The van der Waals surface area contributed by atoms with Crippen molar-refractivity contribution in [1.29, 1.82) is 0 Å². The lowest BCUT2D eigenvalue weighted by molar-refractivity contribution is -0.151. The second kappa shape index (κ2) is 9.26. The van der Waals surface area contributed by atoms with E-state index in [1.54, 1.807) is 4.90 Å². The number of halogens is 1. The molecule has 4 rings (SSSR count). The van der Waals surface area contributed by atoms with E-state index in [2.05, 4.69) is 20.9 Å². The molecule has 1 amide bonds. The summed E-state index contributed by atoms with van der Waals surface area (Å²) in [5, 5.41) is 11.9. The van der Waals surface area contributed by atoms with E-state index in [1.165, 1.54) is 11.3 Å². The third kappa shape index (κ3) is 5.10. The van der Waals surface area contributed by atoms with Crippen LogP contribution in [0.4, 0.5) is 4.79 Å². The highest BCUT2D eigenvalue weighted by molar-refractivity contribution is 9.10. The number of thiazole rings is 1. The number of hydrogen-bond acceptors (Lipinski definition) is 6. The first kappa shape index (κ1) is 22.2. The van der Waals surface area contributed by atoms with E-state index in [9.17, 15) is 14.7 Å². The van der Waals surface area contributed by atoms with Crippen LogP contribution in [0.15, 0.2) is 40.3 Å². The molecule has 2 fully saturated rings. The SMILES string of the molecule is O=C(O)COC1(c2nc(Br)cs2)CCC2(CCCN(C(=O)OCc3ccccc3)C2)C1. The number of nitrogens with zero attached hydrogens (tertiary/aromatic N) is 2. The number of aromatic nitrogens is 1. The first-order chi connectivity index (χ1) is 14.9. The van der Waals surface area contributed by atoms with Crippen LogP contribution in [-0.2, 0) is 26.5 Å². The molecule has 1 aromatic carbocycles. The minimum absolute atomic E-state index is 0.124. The van der Waals surface area contributed by atoms with Gasteiger partial charge in [0, 0.05) is 18.5 Å². The highest BCUT2D eigenvalue weighted by Gasteiger charge is 2.53. The van der Waals surface area contributed by atoms with Gasteiger partial charge in [0.25, 0.3) is 0 Å². The fourth-order valence-electron chi connectivity index (χ4n) is 4.80. The molecule has 2 aromatic rings. The van der Waals surface area contributed by atoms with E-state index < -0.39 is 11.6 Å². The van der Waals surface area contributed by atoms with Crippen LogP contribution in [0.5, 0.6) is 0 Å². The van der Waals surface area contributed by atoms with E-state index in [0.29, 0.717) is 25.9 Å². The Morgan fingerprint density at radius 2 is 2.03 bits per heavy atom. The minimum Gasteiger partial charge on any atom is -0.480 e. The zero-order valence-corrected chi connectivity index (χ0v) is 19.5. The number of carboxylic acid groups (broad SMARTS) is 1. The molecule has 1 N–H and O–H groups in total. The van der Waals surface area contributed by atoms with Crippen LogP contribution in [0.1, 0.15) is 42.7 Å². The van der Waals surface area contributed by atoms with E-state index in [4.69, 9.17) is 9.47 Å². The number of aliphatic carboxylic acids is 1. The molecule has 1 saturated heterocycles. The van der Waals surface area contributed by atoms with Gasteiger partial charge in [-0.05, 0) is 59.0 Å². The lowest BCUT2D eigenvalue weighted by Crippen LogP contribution is -2.46. The lowest BCUT2D eigenvalue weighted by atomic mass is 9.77. The van der Waals surface area contributed by atoms with Gasteiger partial charge in [0.05, 0.1) is 0 Å². The van der Waals surface area contributed by atoms with Gasteiger partial charge in [-0.1, -0.05) is 30.3 Å². The minimum atomic E-state index is -0.995. The third-order valence-corrected chi connectivity index (χ3v) is 7.92. The van der Waals surface area contributed by atoms with Gasteiger partial charge in [-0.15, -0.1) is 11.3 Å². The summed E-state index contributed by atoms with van der Waals surface area (Å²) in [6.45, 7) is 1.14.